The first-order valence-electron chi connectivity index (χ1n) is 15.4. The quantitative estimate of drug-likeness (QED) is 0.0544. The van der Waals surface area contributed by atoms with Crippen LogP contribution in [0.1, 0.15) is 77.7 Å². The van der Waals surface area contributed by atoms with Crippen molar-refractivity contribution in [2.24, 2.45) is 0 Å². The largest absolute Gasteiger partial charge is 0.461 e. The number of esters is 2. The summed E-state index contributed by atoms with van der Waals surface area (Å²) >= 11 is 52.2. The average Bonchev–Trinajstić information content (AvgIpc) is 3.01. The van der Waals surface area contributed by atoms with Gasteiger partial charge < -0.3 is 19.3 Å². The summed E-state index contributed by atoms with van der Waals surface area (Å²) in [7, 11) is 0. The highest BCUT2D eigenvalue weighted by molar-refractivity contribution is 6.48. The first kappa shape index (κ1) is 45.0. The number of unbranched alkanes of at least 4 members (excludes halogenated alkanes) is 3. The van der Waals surface area contributed by atoms with Gasteiger partial charge in [0.25, 0.3) is 0 Å². The monoisotopic (exact) mass is 816 g/mol. The number of carbonyl (C=O) groups is 2. The Balaban J connectivity index is 2.83. The molecule has 0 radical (unpaired) electrons. The van der Waals surface area contributed by atoms with Crippen molar-refractivity contribution < 1.29 is 28.9 Å². The lowest BCUT2D eigenvalue weighted by atomic mass is 10.0. The summed E-state index contributed by atoms with van der Waals surface area (Å²) in [5.41, 5.74) is 1.02. The molecule has 1 N–H and O–H groups in total. The van der Waals surface area contributed by atoms with E-state index < -0.39 is 66.8 Å². The molecule has 0 saturated carbocycles. The minimum absolute atomic E-state index is 0.0355. The van der Waals surface area contributed by atoms with Gasteiger partial charge in [-0.25, -0.2) is 0 Å². The van der Waals surface area contributed by atoms with Gasteiger partial charge in [-0.15, -0.1) is 92.8 Å². The Morgan fingerprint density at radius 3 is 2.09 bits per heavy atom. The Morgan fingerprint density at radius 1 is 0.851 bits per heavy atom. The molecule has 0 aliphatic rings. The molecule has 0 bridgehead atoms. The zero-order valence-corrected chi connectivity index (χ0v) is 32.7. The van der Waals surface area contributed by atoms with E-state index >= 15 is 0 Å². The van der Waals surface area contributed by atoms with Crippen LogP contribution in [0.15, 0.2) is 30.3 Å². The fraction of sp³-hybridized carbons (Fsp3) is 0.697. The standard InChI is InChI=1S/C33H44Cl8O6/c1-4-5-6-10-16-33(40,41)19-27(37)32(47-22(3)43)25(35)13-14-28(44)30(38)26(36)18-29(46-21(2)42)31(39)24(34)15-17-45-20-23-11-8-7-9-12-23/h7-9,11-12,24-32,44H,4-6,10,15-20H2,1-3H3/t24-,25+,26+,27-,28-,29+,30+,31+,32+/m1/s1. The number of aliphatic hydroxyl groups is 1. The van der Waals surface area contributed by atoms with E-state index in [0.29, 0.717) is 26.1 Å². The van der Waals surface area contributed by atoms with Gasteiger partial charge >= 0.3 is 11.9 Å². The van der Waals surface area contributed by atoms with Crippen molar-refractivity contribution in [3.63, 3.8) is 0 Å². The lowest BCUT2D eigenvalue weighted by Gasteiger charge is -2.29. The molecule has 0 aromatic heterocycles. The van der Waals surface area contributed by atoms with Crippen molar-refractivity contribution in [2.75, 3.05) is 6.61 Å². The molecule has 14 heteroatoms. The summed E-state index contributed by atoms with van der Waals surface area (Å²) in [6, 6.07) is 9.66. The van der Waals surface area contributed by atoms with Crippen LogP contribution in [0.4, 0.5) is 0 Å². The normalized spacial score (nSPS) is 17.5. The van der Waals surface area contributed by atoms with E-state index in [9.17, 15) is 14.7 Å². The second kappa shape index (κ2) is 24.2. The van der Waals surface area contributed by atoms with Crippen LogP contribution >= 0.6 is 92.8 Å². The van der Waals surface area contributed by atoms with Crippen LogP contribution in [0.2, 0.25) is 0 Å². The summed E-state index contributed by atoms with van der Waals surface area (Å²) in [5, 5.41) is 5.15. The highest BCUT2D eigenvalue weighted by Gasteiger charge is 2.37. The van der Waals surface area contributed by atoms with Gasteiger partial charge in [-0.2, -0.15) is 0 Å². The van der Waals surface area contributed by atoms with E-state index in [4.69, 9.17) is 107 Å². The number of ether oxygens (including phenoxy) is 3. The van der Waals surface area contributed by atoms with Gasteiger partial charge in [0.2, 0.25) is 0 Å². The molecule has 0 heterocycles. The van der Waals surface area contributed by atoms with Crippen molar-refractivity contribution in [3.8, 4) is 11.8 Å². The summed E-state index contributed by atoms with van der Waals surface area (Å²) < 4.78 is 15.3. The van der Waals surface area contributed by atoms with E-state index in [-0.39, 0.29) is 12.8 Å². The maximum atomic E-state index is 11.8. The average molecular weight is 820 g/mol. The van der Waals surface area contributed by atoms with Gasteiger partial charge in [-0.1, -0.05) is 74.8 Å². The van der Waals surface area contributed by atoms with Crippen LogP contribution in [0, 0.1) is 11.8 Å². The number of hydrogen-bond acceptors (Lipinski definition) is 6. The molecule has 1 rings (SSSR count). The first-order valence-corrected chi connectivity index (χ1v) is 18.8. The first-order chi connectivity index (χ1) is 22.1. The highest BCUT2D eigenvalue weighted by Crippen LogP contribution is 2.37. The fourth-order valence-electron chi connectivity index (χ4n) is 4.51. The lowest BCUT2D eigenvalue weighted by molar-refractivity contribution is -0.147. The van der Waals surface area contributed by atoms with Gasteiger partial charge in [0.15, 0.2) is 0 Å². The maximum Gasteiger partial charge on any atom is 0.303 e. The minimum Gasteiger partial charge on any atom is -0.461 e. The zero-order valence-electron chi connectivity index (χ0n) is 26.7. The molecule has 0 aliphatic heterocycles. The number of halogens is 8. The van der Waals surface area contributed by atoms with Crippen molar-refractivity contribution in [3.05, 3.63) is 35.9 Å². The molecular weight excluding hydrogens is 776 g/mol. The molecule has 0 unspecified atom stereocenters. The molecule has 0 spiro atoms. The molecule has 0 fully saturated rings. The molecular formula is C33H44Cl8O6. The minimum atomic E-state index is -1.48. The molecule has 268 valence electrons. The van der Waals surface area contributed by atoms with Gasteiger partial charge in [0, 0.05) is 33.3 Å². The highest BCUT2D eigenvalue weighted by atomic mass is 35.5. The number of hydrogen-bond donors (Lipinski definition) is 1. The van der Waals surface area contributed by atoms with E-state index in [1.165, 1.54) is 13.8 Å². The van der Waals surface area contributed by atoms with Crippen molar-refractivity contribution in [2.45, 2.75) is 134 Å². The van der Waals surface area contributed by atoms with Crippen LogP contribution in [0.3, 0.4) is 0 Å². The Kier molecular flexibility index (Phi) is 23.2. The van der Waals surface area contributed by atoms with E-state index in [1.807, 2.05) is 30.3 Å². The Bertz CT molecular complexity index is 1100. The van der Waals surface area contributed by atoms with Gasteiger partial charge in [-0.3, -0.25) is 9.59 Å². The van der Waals surface area contributed by atoms with E-state index in [0.717, 1.165) is 31.2 Å². The zero-order chi connectivity index (χ0) is 35.6. The second-order valence-electron chi connectivity index (χ2n) is 11.2. The molecule has 0 saturated heterocycles. The maximum absolute atomic E-state index is 11.8. The van der Waals surface area contributed by atoms with Crippen LogP contribution in [-0.4, -0.2) is 78.6 Å². The molecule has 0 amide bonds. The fourth-order valence-corrected chi connectivity index (χ4v) is 7.10. The predicted octanol–water partition coefficient (Wildman–Crippen LogP) is 9.39. The van der Waals surface area contributed by atoms with Crippen molar-refractivity contribution >= 4 is 105 Å². The second-order valence-corrected chi connectivity index (χ2v) is 16.0. The van der Waals surface area contributed by atoms with Crippen LogP contribution in [0.25, 0.3) is 0 Å². The molecule has 1 aromatic carbocycles. The number of carbonyl (C=O) groups excluding carboxylic acids is 2. The number of aliphatic hydroxyl groups excluding tert-OH is 1. The van der Waals surface area contributed by atoms with Gasteiger partial charge in [0.05, 0.1) is 33.5 Å². The summed E-state index contributed by atoms with van der Waals surface area (Å²) in [5.74, 6) is 3.98. The molecule has 47 heavy (non-hydrogen) atoms. The third kappa shape index (κ3) is 19.2. The SMILES string of the molecule is CCCCCCC(Cl)(Cl)C[C@@H](Cl)[C@@H](OC(C)=O)[C@@H](Cl)C#C[C@@H](O)[C@@H](Cl)[C@@H](Cl)C[C@H](OC(C)=O)[C@@H](Cl)[C@H](Cl)CCOCc1ccccc1. The summed E-state index contributed by atoms with van der Waals surface area (Å²) in [4.78, 5) is 23.7. The summed E-state index contributed by atoms with van der Waals surface area (Å²) in [6.45, 7) is 5.28. The van der Waals surface area contributed by atoms with Crippen molar-refractivity contribution in [1.82, 2.24) is 0 Å². The molecule has 6 nitrogen and oxygen atoms in total. The van der Waals surface area contributed by atoms with Crippen LogP contribution in [-0.2, 0) is 30.4 Å². The van der Waals surface area contributed by atoms with Gasteiger partial charge in [-0.05, 0) is 18.4 Å². The smallest absolute Gasteiger partial charge is 0.303 e. The van der Waals surface area contributed by atoms with Gasteiger partial charge in [0.1, 0.15) is 28.0 Å². The third-order valence-corrected chi connectivity index (χ3v) is 10.7. The number of alkyl halides is 8. The number of benzene rings is 1. The number of rotatable bonds is 22. The molecule has 0 aliphatic carbocycles. The van der Waals surface area contributed by atoms with E-state index in [2.05, 4.69) is 18.8 Å². The van der Waals surface area contributed by atoms with E-state index in [1.54, 1.807) is 0 Å². The summed E-state index contributed by atoms with van der Waals surface area (Å²) in [6.07, 6.45) is 1.34. The Labute approximate surface area is 319 Å². The van der Waals surface area contributed by atoms with Crippen molar-refractivity contribution in [1.29, 1.82) is 0 Å². The Morgan fingerprint density at radius 2 is 1.49 bits per heavy atom. The van der Waals surface area contributed by atoms with Crippen LogP contribution in [0.5, 0.6) is 0 Å². The predicted molar refractivity (Wildman–Crippen MR) is 196 cm³/mol. The third-order valence-electron chi connectivity index (χ3n) is 6.98. The van der Waals surface area contributed by atoms with Crippen LogP contribution < -0.4 is 0 Å². The lowest BCUT2D eigenvalue weighted by Crippen LogP contribution is -2.40. The molecule has 9 atom stereocenters. The topological polar surface area (TPSA) is 82.1 Å². The Hall–Kier alpha value is -0.0400. The molecule has 1 aromatic rings.